The first kappa shape index (κ1) is 15.4. The van der Waals surface area contributed by atoms with Crippen LogP contribution < -0.4 is 4.74 Å². The van der Waals surface area contributed by atoms with Crippen LogP contribution in [-0.4, -0.2) is 7.11 Å². The van der Waals surface area contributed by atoms with E-state index in [1.165, 1.54) is 56.9 Å². The van der Waals surface area contributed by atoms with E-state index in [1.807, 2.05) is 0 Å². The summed E-state index contributed by atoms with van der Waals surface area (Å²) in [5.74, 6) is 1.91. The van der Waals surface area contributed by atoms with Gasteiger partial charge in [-0.3, -0.25) is 0 Å². The Morgan fingerprint density at radius 1 is 1.15 bits per heavy atom. The average Bonchev–Trinajstić information content (AvgIpc) is 2.47. The second kappa shape index (κ2) is 7.15. The van der Waals surface area contributed by atoms with Gasteiger partial charge in [0.15, 0.2) is 0 Å². The van der Waals surface area contributed by atoms with Crippen molar-refractivity contribution in [2.75, 3.05) is 7.11 Å². The van der Waals surface area contributed by atoms with Crippen LogP contribution in [0.5, 0.6) is 5.75 Å². The highest BCUT2D eigenvalue weighted by Crippen LogP contribution is 2.43. The second-order valence-electron chi connectivity index (χ2n) is 6.89. The molecule has 0 amide bonds. The molecular formula is C19H30O. The molecule has 1 heteroatoms. The average molecular weight is 274 g/mol. The zero-order chi connectivity index (χ0) is 14.4. The first-order valence-electron chi connectivity index (χ1n) is 8.28. The lowest BCUT2D eigenvalue weighted by atomic mass is 9.68. The van der Waals surface area contributed by atoms with Gasteiger partial charge < -0.3 is 4.74 Å². The molecule has 0 N–H and O–H groups in total. The summed E-state index contributed by atoms with van der Waals surface area (Å²) in [4.78, 5) is 0. The van der Waals surface area contributed by atoms with Crippen LogP contribution in [0.25, 0.3) is 0 Å². The Morgan fingerprint density at radius 2 is 1.80 bits per heavy atom. The smallest absolute Gasteiger partial charge is 0.118 e. The van der Waals surface area contributed by atoms with Crippen LogP contribution in [0.3, 0.4) is 0 Å². The van der Waals surface area contributed by atoms with Gasteiger partial charge in [0.2, 0.25) is 0 Å². The van der Waals surface area contributed by atoms with Crippen molar-refractivity contribution in [1.29, 1.82) is 0 Å². The molecule has 1 nitrogen and oxygen atoms in total. The lowest BCUT2D eigenvalue weighted by molar-refractivity contribution is 0.151. The van der Waals surface area contributed by atoms with E-state index in [-0.39, 0.29) is 0 Å². The second-order valence-corrected chi connectivity index (χ2v) is 6.89. The van der Waals surface area contributed by atoms with Gasteiger partial charge in [-0.2, -0.15) is 0 Å². The summed E-state index contributed by atoms with van der Waals surface area (Å²) in [6, 6.07) is 8.58. The Balaban J connectivity index is 1.75. The summed E-state index contributed by atoms with van der Waals surface area (Å²) in [6.07, 6.45) is 11.1. The minimum absolute atomic E-state index is 0.644. The maximum Gasteiger partial charge on any atom is 0.118 e. The Bertz CT molecular complexity index is 385. The molecule has 1 aromatic rings. The molecule has 0 aliphatic heterocycles. The fourth-order valence-corrected chi connectivity index (χ4v) is 3.68. The third kappa shape index (κ3) is 4.26. The SMILES string of the molecule is CCC[C@]1(C)CC[C@H](CCc2ccc(OC)cc2)CC1. The van der Waals surface area contributed by atoms with Crippen LogP contribution in [-0.2, 0) is 6.42 Å². The van der Waals surface area contributed by atoms with E-state index in [9.17, 15) is 0 Å². The largest absolute Gasteiger partial charge is 0.497 e. The standard InChI is InChI=1S/C19H30O/c1-4-13-19(2)14-11-17(12-15-19)6-5-16-7-9-18(20-3)10-8-16/h7-10,17H,4-6,11-15H2,1-3H3/t17-,19+. The van der Waals surface area contributed by atoms with Crippen LogP contribution in [0.1, 0.15) is 64.4 Å². The molecule has 0 radical (unpaired) electrons. The van der Waals surface area contributed by atoms with Gasteiger partial charge in [0, 0.05) is 0 Å². The molecular weight excluding hydrogens is 244 g/mol. The van der Waals surface area contributed by atoms with Crippen LogP contribution in [0.2, 0.25) is 0 Å². The van der Waals surface area contributed by atoms with Gasteiger partial charge in [0.05, 0.1) is 7.11 Å². The molecule has 112 valence electrons. The zero-order valence-corrected chi connectivity index (χ0v) is 13.5. The predicted molar refractivity (Wildman–Crippen MR) is 86.3 cm³/mol. The molecule has 0 unspecified atom stereocenters. The Morgan fingerprint density at radius 3 is 2.35 bits per heavy atom. The molecule has 2 rings (SSSR count). The quantitative estimate of drug-likeness (QED) is 0.653. The maximum atomic E-state index is 5.21. The van der Waals surface area contributed by atoms with Crippen LogP contribution in [0.15, 0.2) is 24.3 Å². The van der Waals surface area contributed by atoms with Gasteiger partial charge in [-0.25, -0.2) is 0 Å². The van der Waals surface area contributed by atoms with Crippen LogP contribution in [0.4, 0.5) is 0 Å². The molecule has 0 atom stereocenters. The molecule has 1 aromatic carbocycles. The van der Waals surface area contributed by atoms with Crippen molar-refractivity contribution in [2.24, 2.45) is 11.3 Å². The van der Waals surface area contributed by atoms with E-state index in [4.69, 9.17) is 4.74 Å². The Labute approximate surface area is 124 Å². The summed E-state index contributed by atoms with van der Waals surface area (Å²) >= 11 is 0. The summed E-state index contributed by atoms with van der Waals surface area (Å²) in [5.41, 5.74) is 2.10. The van der Waals surface area contributed by atoms with Gasteiger partial charge in [-0.05, 0) is 74.0 Å². The highest BCUT2D eigenvalue weighted by atomic mass is 16.5. The first-order valence-corrected chi connectivity index (χ1v) is 8.28. The summed E-state index contributed by atoms with van der Waals surface area (Å²) in [6.45, 7) is 4.82. The van der Waals surface area contributed by atoms with Gasteiger partial charge >= 0.3 is 0 Å². The molecule has 0 heterocycles. The predicted octanol–water partition coefficient (Wildman–Crippen LogP) is 5.62. The zero-order valence-electron chi connectivity index (χ0n) is 13.5. The topological polar surface area (TPSA) is 9.23 Å². The van der Waals surface area contributed by atoms with Gasteiger partial charge in [0.25, 0.3) is 0 Å². The van der Waals surface area contributed by atoms with Crippen molar-refractivity contribution in [1.82, 2.24) is 0 Å². The number of hydrogen-bond acceptors (Lipinski definition) is 1. The van der Waals surface area contributed by atoms with E-state index < -0.39 is 0 Å². The molecule has 1 saturated carbocycles. The summed E-state index contributed by atoms with van der Waals surface area (Å²) < 4.78 is 5.21. The number of rotatable bonds is 6. The molecule has 0 bridgehead atoms. The molecule has 20 heavy (non-hydrogen) atoms. The van der Waals surface area contributed by atoms with Crippen LogP contribution in [0, 0.1) is 11.3 Å². The minimum Gasteiger partial charge on any atom is -0.497 e. The summed E-state index contributed by atoms with van der Waals surface area (Å²) in [7, 11) is 1.73. The maximum absolute atomic E-state index is 5.21. The van der Waals surface area contributed by atoms with Crippen molar-refractivity contribution in [3.05, 3.63) is 29.8 Å². The molecule has 0 saturated heterocycles. The van der Waals surface area contributed by atoms with Gasteiger partial charge in [-0.1, -0.05) is 32.4 Å². The van der Waals surface area contributed by atoms with Crippen molar-refractivity contribution >= 4 is 0 Å². The van der Waals surface area contributed by atoms with E-state index in [2.05, 4.69) is 38.1 Å². The molecule has 0 aromatic heterocycles. The van der Waals surface area contributed by atoms with Crippen molar-refractivity contribution in [3.63, 3.8) is 0 Å². The van der Waals surface area contributed by atoms with E-state index in [0.29, 0.717) is 5.41 Å². The third-order valence-electron chi connectivity index (χ3n) is 5.17. The van der Waals surface area contributed by atoms with E-state index in [1.54, 1.807) is 7.11 Å². The van der Waals surface area contributed by atoms with Crippen molar-refractivity contribution in [3.8, 4) is 5.75 Å². The fraction of sp³-hybridized carbons (Fsp3) is 0.684. The molecule has 1 aliphatic rings. The summed E-state index contributed by atoms with van der Waals surface area (Å²) in [5, 5.41) is 0. The number of ether oxygens (including phenoxy) is 1. The first-order chi connectivity index (χ1) is 9.65. The molecule has 1 fully saturated rings. The van der Waals surface area contributed by atoms with Crippen molar-refractivity contribution < 1.29 is 4.74 Å². The normalized spacial score (nSPS) is 26.4. The Hall–Kier alpha value is -0.980. The van der Waals surface area contributed by atoms with E-state index >= 15 is 0 Å². The number of methoxy groups -OCH3 is 1. The lowest BCUT2D eigenvalue weighted by Gasteiger charge is -2.37. The molecule has 0 spiro atoms. The number of benzene rings is 1. The van der Waals surface area contributed by atoms with Gasteiger partial charge in [0.1, 0.15) is 5.75 Å². The fourth-order valence-electron chi connectivity index (χ4n) is 3.68. The van der Waals surface area contributed by atoms with Gasteiger partial charge in [-0.15, -0.1) is 0 Å². The number of hydrogen-bond donors (Lipinski definition) is 0. The Kier molecular flexibility index (Phi) is 5.51. The highest BCUT2D eigenvalue weighted by Gasteiger charge is 2.29. The third-order valence-corrected chi connectivity index (χ3v) is 5.17. The molecule has 1 aliphatic carbocycles. The highest BCUT2D eigenvalue weighted by molar-refractivity contribution is 5.27. The monoisotopic (exact) mass is 274 g/mol. The van der Waals surface area contributed by atoms with E-state index in [0.717, 1.165) is 11.7 Å². The minimum atomic E-state index is 0.644. The van der Waals surface area contributed by atoms with Crippen molar-refractivity contribution in [2.45, 2.75) is 65.2 Å². The number of aryl methyl sites for hydroxylation is 1. The lowest BCUT2D eigenvalue weighted by Crippen LogP contribution is -2.24. The van der Waals surface area contributed by atoms with Crippen LogP contribution >= 0.6 is 0 Å².